The fourth-order valence-electron chi connectivity index (χ4n) is 2.10. The number of rotatable bonds is 4. The first kappa shape index (κ1) is 15.3. The van der Waals surface area contributed by atoms with E-state index < -0.39 is 12.1 Å². The van der Waals surface area contributed by atoms with E-state index in [1.165, 1.54) is 4.90 Å². The Bertz CT molecular complexity index is 520. The summed E-state index contributed by atoms with van der Waals surface area (Å²) in [6, 6.07) is 6.97. The van der Waals surface area contributed by atoms with E-state index in [0.29, 0.717) is 18.8 Å². The summed E-state index contributed by atoms with van der Waals surface area (Å²) >= 11 is 0. The molecule has 1 unspecified atom stereocenters. The van der Waals surface area contributed by atoms with E-state index in [9.17, 15) is 9.59 Å². The van der Waals surface area contributed by atoms with Gasteiger partial charge in [0.15, 0.2) is 6.10 Å². The summed E-state index contributed by atoms with van der Waals surface area (Å²) in [6.07, 6.45) is -0.973. The molecule has 2 amide bonds. The number of carbonyl (C=O) groups excluding carboxylic acids is 1. The maximum atomic E-state index is 12.2. The van der Waals surface area contributed by atoms with Crippen molar-refractivity contribution in [2.24, 2.45) is 0 Å². The van der Waals surface area contributed by atoms with Gasteiger partial charge in [-0.15, -0.1) is 0 Å². The lowest BCUT2D eigenvalue weighted by atomic mass is 10.2. The molecule has 0 saturated carbocycles. The molecule has 21 heavy (non-hydrogen) atoms. The third kappa shape index (κ3) is 3.93. The molecule has 2 N–H and O–H groups in total. The van der Waals surface area contributed by atoms with Crippen molar-refractivity contribution in [2.45, 2.75) is 12.7 Å². The second-order valence-electron chi connectivity index (χ2n) is 4.66. The summed E-state index contributed by atoms with van der Waals surface area (Å²) in [5.41, 5.74) is 1.51. The summed E-state index contributed by atoms with van der Waals surface area (Å²) in [5.74, 6) is -1.06. The fraction of sp³-hybridized carbons (Fsp3) is 0.429. The molecule has 0 aliphatic carbocycles. The number of carbonyl (C=O) groups is 2. The summed E-state index contributed by atoms with van der Waals surface area (Å²) < 4.78 is 10.2. The van der Waals surface area contributed by atoms with Gasteiger partial charge >= 0.3 is 12.0 Å². The van der Waals surface area contributed by atoms with Crippen molar-refractivity contribution in [3.63, 3.8) is 0 Å². The van der Waals surface area contributed by atoms with Crippen LogP contribution in [0.1, 0.15) is 5.56 Å². The number of aliphatic carboxylic acids is 1. The summed E-state index contributed by atoms with van der Waals surface area (Å²) in [4.78, 5) is 24.6. The zero-order valence-corrected chi connectivity index (χ0v) is 11.7. The molecule has 0 aromatic heterocycles. The maximum Gasteiger partial charge on any atom is 0.334 e. The Hall–Kier alpha value is -2.12. The van der Waals surface area contributed by atoms with Crippen LogP contribution in [0.25, 0.3) is 0 Å². The number of para-hydroxylation sites is 1. The first-order valence-corrected chi connectivity index (χ1v) is 6.59. The number of carboxylic acids is 1. The van der Waals surface area contributed by atoms with Crippen LogP contribution < -0.4 is 5.32 Å². The molecule has 1 fully saturated rings. The first-order chi connectivity index (χ1) is 10.1. The second-order valence-corrected chi connectivity index (χ2v) is 4.66. The van der Waals surface area contributed by atoms with Gasteiger partial charge in [-0.25, -0.2) is 9.59 Å². The van der Waals surface area contributed by atoms with Crippen LogP contribution in [0.2, 0.25) is 0 Å². The van der Waals surface area contributed by atoms with Crippen LogP contribution in [0.3, 0.4) is 0 Å². The van der Waals surface area contributed by atoms with Crippen molar-refractivity contribution < 1.29 is 24.2 Å². The average Bonchev–Trinajstić information content (AvgIpc) is 2.49. The van der Waals surface area contributed by atoms with Gasteiger partial charge in [-0.3, -0.25) is 0 Å². The summed E-state index contributed by atoms with van der Waals surface area (Å²) in [7, 11) is 1.58. The van der Waals surface area contributed by atoms with E-state index in [4.69, 9.17) is 14.6 Å². The Balaban J connectivity index is 2.02. The minimum absolute atomic E-state index is 0.0353. The fourth-order valence-corrected chi connectivity index (χ4v) is 2.10. The van der Waals surface area contributed by atoms with Gasteiger partial charge < -0.3 is 24.8 Å². The lowest BCUT2D eigenvalue weighted by Crippen LogP contribution is -2.50. The molecule has 7 nitrogen and oxygen atoms in total. The molecule has 1 saturated heterocycles. The van der Waals surface area contributed by atoms with Crippen LogP contribution in [-0.4, -0.2) is 54.9 Å². The van der Waals surface area contributed by atoms with Crippen LogP contribution in [0.15, 0.2) is 24.3 Å². The number of ether oxygens (including phenoxy) is 2. The summed E-state index contributed by atoms with van der Waals surface area (Å²) in [5, 5.41) is 11.7. The van der Waals surface area contributed by atoms with Gasteiger partial charge in [0.1, 0.15) is 0 Å². The van der Waals surface area contributed by atoms with Crippen molar-refractivity contribution in [3.8, 4) is 0 Å². The molecule has 0 bridgehead atoms. The Morgan fingerprint density at radius 2 is 2.24 bits per heavy atom. The van der Waals surface area contributed by atoms with E-state index >= 15 is 0 Å². The molecule has 1 aromatic rings. The molecular weight excluding hydrogens is 276 g/mol. The molecule has 0 spiro atoms. The molecule has 1 aromatic carbocycles. The maximum absolute atomic E-state index is 12.2. The summed E-state index contributed by atoms with van der Waals surface area (Å²) in [6.45, 7) is 0.997. The number of carboxylic acid groups (broad SMARTS) is 1. The molecule has 1 heterocycles. The predicted molar refractivity (Wildman–Crippen MR) is 75.1 cm³/mol. The number of nitrogens with zero attached hydrogens (tertiary/aromatic N) is 1. The topological polar surface area (TPSA) is 88.1 Å². The first-order valence-electron chi connectivity index (χ1n) is 6.59. The van der Waals surface area contributed by atoms with Crippen LogP contribution in [0, 0.1) is 0 Å². The number of nitrogens with one attached hydrogen (secondary N) is 1. The Kier molecular flexibility index (Phi) is 5.13. The number of amides is 2. The molecule has 114 valence electrons. The Morgan fingerprint density at radius 3 is 2.95 bits per heavy atom. The average molecular weight is 294 g/mol. The highest BCUT2D eigenvalue weighted by atomic mass is 16.5. The number of hydrogen-bond donors (Lipinski definition) is 2. The third-order valence-electron chi connectivity index (χ3n) is 3.19. The lowest BCUT2D eigenvalue weighted by molar-refractivity contribution is -0.154. The Labute approximate surface area is 122 Å². The van der Waals surface area contributed by atoms with Gasteiger partial charge in [0.05, 0.1) is 19.8 Å². The van der Waals surface area contributed by atoms with Crippen molar-refractivity contribution >= 4 is 17.7 Å². The van der Waals surface area contributed by atoms with E-state index in [1.807, 2.05) is 18.2 Å². The minimum atomic E-state index is -1.06. The van der Waals surface area contributed by atoms with Crippen LogP contribution in [0.5, 0.6) is 0 Å². The number of methoxy groups -OCH3 is 1. The van der Waals surface area contributed by atoms with Crippen molar-refractivity contribution in [2.75, 3.05) is 32.1 Å². The van der Waals surface area contributed by atoms with Crippen LogP contribution in [-0.2, 0) is 20.9 Å². The lowest BCUT2D eigenvalue weighted by Gasteiger charge is -2.31. The number of benzene rings is 1. The molecular formula is C14H18N2O5. The van der Waals surface area contributed by atoms with Crippen molar-refractivity contribution in [1.82, 2.24) is 4.90 Å². The minimum Gasteiger partial charge on any atom is -0.479 e. The van der Waals surface area contributed by atoms with Gasteiger partial charge in [0.2, 0.25) is 0 Å². The quantitative estimate of drug-likeness (QED) is 0.869. The zero-order chi connectivity index (χ0) is 15.2. The number of hydrogen-bond acceptors (Lipinski definition) is 4. The number of urea groups is 1. The largest absolute Gasteiger partial charge is 0.479 e. The predicted octanol–water partition coefficient (Wildman–Crippen LogP) is 1.15. The zero-order valence-electron chi connectivity index (χ0n) is 11.7. The van der Waals surface area contributed by atoms with E-state index in [0.717, 1.165) is 5.56 Å². The van der Waals surface area contributed by atoms with Gasteiger partial charge in [-0.05, 0) is 6.07 Å². The van der Waals surface area contributed by atoms with Crippen LogP contribution in [0.4, 0.5) is 10.5 Å². The smallest absolute Gasteiger partial charge is 0.334 e. The third-order valence-corrected chi connectivity index (χ3v) is 3.19. The normalized spacial score (nSPS) is 18.3. The monoisotopic (exact) mass is 294 g/mol. The van der Waals surface area contributed by atoms with Gasteiger partial charge in [0, 0.05) is 24.9 Å². The molecule has 1 atom stereocenters. The molecule has 2 rings (SSSR count). The van der Waals surface area contributed by atoms with Crippen molar-refractivity contribution in [1.29, 1.82) is 0 Å². The Morgan fingerprint density at radius 1 is 1.48 bits per heavy atom. The van der Waals surface area contributed by atoms with E-state index in [-0.39, 0.29) is 19.2 Å². The standard InChI is InChI=1S/C14H18N2O5/c1-20-9-10-4-2-3-5-11(10)15-14(19)16-6-7-21-12(8-16)13(17)18/h2-5,12H,6-9H2,1H3,(H,15,19)(H,17,18). The van der Waals surface area contributed by atoms with E-state index in [2.05, 4.69) is 5.32 Å². The highest BCUT2D eigenvalue weighted by Crippen LogP contribution is 2.17. The number of morpholine rings is 1. The molecule has 0 radical (unpaired) electrons. The van der Waals surface area contributed by atoms with Crippen LogP contribution >= 0.6 is 0 Å². The van der Waals surface area contributed by atoms with Gasteiger partial charge in [0.25, 0.3) is 0 Å². The van der Waals surface area contributed by atoms with Crippen molar-refractivity contribution in [3.05, 3.63) is 29.8 Å². The molecule has 7 heteroatoms. The second kappa shape index (κ2) is 7.05. The van der Waals surface area contributed by atoms with E-state index in [1.54, 1.807) is 13.2 Å². The number of anilines is 1. The molecule has 1 aliphatic rings. The van der Waals surface area contributed by atoms with Gasteiger partial charge in [-0.2, -0.15) is 0 Å². The highest BCUT2D eigenvalue weighted by Gasteiger charge is 2.29. The molecule has 1 aliphatic heterocycles. The van der Waals surface area contributed by atoms with Gasteiger partial charge in [-0.1, -0.05) is 18.2 Å². The highest BCUT2D eigenvalue weighted by molar-refractivity contribution is 5.90. The SMILES string of the molecule is COCc1ccccc1NC(=O)N1CCOC(C(=O)O)C1.